The molecule has 0 spiro atoms. The SMILES string of the molecule is Cc1[c-]c(-c2nccc3ccc4ccc(C#N)cc4c23)cc(C)c1.O=C(/C=C(\O)C1CCCCC1)C1CCCCC1.[Ir]. The van der Waals surface area contributed by atoms with Crippen LogP contribution in [0.3, 0.4) is 0 Å². The van der Waals surface area contributed by atoms with Crippen LogP contribution in [0.4, 0.5) is 0 Å². The van der Waals surface area contributed by atoms with Crippen molar-refractivity contribution in [2.24, 2.45) is 11.8 Å². The average molecular weight is 736 g/mol. The Balaban J connectivity index is 0.000000200. The summed E-state index contributed by atoms with van der Waals surface area (Å²) in [6, 6.07) is 21.9. The van der Waals surface area contributed by atoms with Crippen molar-refractivity contribution in [3.05, 3.63) is 89.3 Å². The number of aliphatic hydroxyl groups excluding tert-OH is 1. The zero-order valence-corrected chi connectivity index (χ0v) is 27.0. The number of rotatable bonds is 4. The van der Waals surface area contributed by atoms with Crippen molar-refractivity contribution in [2.45, 2.75) is 78.1 Å². The topological polar surface area (TPSA) is 74.0 Å². The first-order valence-corrected chi connectivity index (χ1v) is 15.1. The predicted octanol–water partition coefficient (Wildman–Crippen LogP) is 9.50. The van der Waals surface area contributed by atoms with E-state index in [1.165, 1.54) is 44.1 Å². The third-order valence-electron chi connectivity index (χ3n) is 8.60. The van der Waals surface area contributed by atoms with Crippen LogP contribution >= 0.6 is 0 Å². The van der Waals surface area contributed by atoms with Crippen molar-refractivity contribution >= 4 is 27.3 Å². The Morgan fingerprint density at radius 1 is 0.905 bits per heavy atom. The summed E-state index contributed by atoms with van der Waals surface area (Å²) < 4.78 is 0. The Labute approximate surface area is 263 Å². The zero-order valence-electron chi connectivity index (χ0n) is 24.6. The van der Waals surface area contributed by atoms with E-state index in [0.29, 0.717) is 11.3 Å². The molecule has 0 amide bonds. The van der Waals surface area contributed by atoms with Gasteiger partial charge in [-0.2, -0.15) is 5.26 Å². The maximum atomic E-state index is 12.0. The molecule has 0 saturated heterocycles. The Morgan fingerprint density at radius 3 is 2.21 bits per heavy atom. The van der Waals surface area contributed by atoms with Gasteiger partial charge >= 0.3 is 0 Å². The minimum atomic E-state index is 0. The molecule has 0 aliphatic heterocycles. The van der Waals surface area contributed by atoms with Crippen LogP contribution in [0.5, 0.6) is 0 Å². The van der Waals surface area contributed by atoms with Gasteiger partial charge in [0.1, 0.15) is 0 Å². The van der Waals surface area contributed by atoms with E-state index in [1.54, 1.807) is 6.08 Å². The zero-order chi connectivity index (χ0) is 28.8. The van der Waals surface area contributed by atoms with Gasteiger partial charge in [-0.25, -0.2) is 0 Å². The molecular weight excluding hydrogens is 697 g/mol. The van der Waals surface area contributed by atoms with Crippen LogP contribution in [-0.4, -0.2) is 15.9 Å². The average Bonchev–Trinajstić information content (AvgIpc) is 3.01. The van der Waals surface area contributed by atoms with E-state index in [4.69, 9.17) is 0 Å². The summed E-state index contributed by atoms with van der Waals surface area (Å²) in [5.41, 5.74) is 4.86. The van der Waals surface area contributed by atoms with Crippen LogP contribution in [0.2, 0.25) is 0 Å². The molecule has 2 aliphatic rings. The van der Waals surface area contributed by atoms with E-state index in [2.05, 4.69) is 48.3 Å². The molecular formula is C37H39IrN2O2-. The van der Waals surface area contributed by atoms with Gasteiger partial charge < -0.3 is 10.1 Å². The maximum absolute atomic E-state index is 12.0. The smallest absolute Gasteiger partial charge is 0.162 e. The van der Waals surface area contributed by atoms with Gasteiger partial charge in [0.2, 0.25) is 0 Å². The number of allylic oxidation sites excluding steroid dienone is 2. The second kappa shape index (κ2) is 14.7. The van der Waals surface area contributed by atoms with Gasteiger partial charge in [0, 0.05) is 44.2 Å². The second-order valence-corrected chi connectivity index (χ2v) is 11.8. The van der Waals surface area contributed by atoms with Gasteiger partial charge in [0.05, 0.1) is 17.4 Å². The summed E-state index contributed by atoms with van der Waals surface area (Å²) in [7, 11) is 0. The first-order valence-electron chi connectivity index (χ1n) is 15.1. The Bertz CT molecular complexity index is 1600. The molecule has 1 radical (unpaired) electrons. The van der Waals surface area contributed by atoms with Crippen LogP contribution in [0, 0.1) is 43.1 Å². The Hall–Kier alpha value is -3.32. The van der Waals surface area contributed by atoms with Gasteiger partial charge in [-0.15, -0.1) is 34.9 Å². The van der Waals surface area contributed by atoms with E-state index in [9.17, 15) is 15.2 Å². The van der Waals surface area contributed by atoms with Gasteiger partial charge in [-0.05, 0) is 71.1 Å². The molecule has 5 heteroatoms. The minimum Gasteiger partial charge on any atom is -0.512 e. The molecule has 2 saturated carbocycles. The summed E-state index contributed by atoms with van der Waals surface area (Å²) >= 11 is 0. The summed E-state index contributed by atoms with van der Waals surface area (Å²) in [6.45, 7) is 4.13. The predicted molar refractivity (Wildman–Crippen MR) is 167 cm³/mol. The molecule has 0 atom stereocenters. The van der Waals surface area contributed by atoms with Crippen LogP contribution in [-0.2, 0) is 24.9 Å². The fraction of sp³-hybridized carbons (Fsp3) is 0.378. The third kappa shape index (κ3) is 7.54. The Morgan fingerprint density at radius 2 is 1.55 bits per heavy atom. The second-order valence-electron chi connectivity index (χ2n) is 11.8. The van der Waals surface area contributed by atoms with E-state index < -0.39 is 0 Å². The number of benzene rings is 3. The fourth-order valence-corrected chi connectivity index (χ4v) is 6.46. The minimum absolute atomic E-state index is 0. The number of fused-ring (bicyclic) bond motifs is 3. The molecule has 1 aromatic heterocycles. The van der Waals surface area contributed by atoms with Crippen molar-refractivity contribution < 1.29 is 30.0 Å². The number of aryl methyl sites for hydroxylation is 2. The number of nitriles is 1. The summed E-state index contributed by atoms with van der Waals surface area (Å²) in [6.07, 6.45) is 14.8. The number of hydrogen-bond acceptors (Lipinski definition) is 4. The number of hydrogen-bond donors (Lipinski definition) is 1. The van der Waals surface area contributed by atoms with Crippen molar-refractivity contribution in [1.82, 2.24) is 4.98 Å². The number of aromatic nitrogens is 1. The van der Waals surface area contributed by atoms with Crippen LogP contribution < -0.4 is 0 Å². The van der Waals surface area contributed by atoms with Crippen molar-refractivity contribution in [1.29, 1.82) is 5.26 Å². The van der Waals surface area contributed by atoms with Crippen molar-refractivity contribution in [3.63, 3.8) is 0 Å². The monoisotopic (exact) mass is 736 g/mol. The number of carbonyl (C=O) groups is 1. The molecule has 42 heavy (non-hydrogen) atoms. The number of carbonyl (C=O) groups excluding carboxylic acids is 1. The summed E-state index contributed by atoms with van der Waals surface area (Å²) in [4.78, 5) is 16.7. The van der Waals surface area contributed by atoms with Gasteiger partial charge in [0.15, 0.2) is 5.78 Å². The van der Waals surface area contributed by atoms with E-state index in [-0.39, 0.29) is 37.7 Å². The molecule has 1 N–H and O–H groups in total. The molecule has 4 aromatic rings. The van der Waals surface area contributed by atoms with Crippen LogP contribution in [0.15, 0.2) is 66.6 Å². The molecule has 2 aliphatic carbocycles. The normalized spacial score (nSPS) is 16.3. The number of aliphatic hydroxyl groups is 1. The first kappa shape index (κ1) is 31.6. The third-order valence-corrected chi connectivity index (χ3v) is 8.60. The van der Waals surface area contributed by atoms with Gasteiger partial charge in [-0.3, -0.25) is 4.79 Å². The molecule has 0 unspecified atom stereocenters. The summed E-state index contributed by atoms with van der Waals surface area (Å²) in [5, 5.41) is 23.6. The molecule has 0 bridgehead atoms. The number of pyridine rings is 1. The number of ketones is 1. The quantitative estimate of drug-likeness (QED) is 0.0981. The fourth-order valence-electron chi connectivity index (χ4n) is 6.46. The first-order chi connectivity index (χ1) is 19.9. The largest absolute Gasteiger partial charge is 0.512 e. The van der Waals surface area contributed by atoms with Crippen LogP contribution in [0.25, 0.3) is 32.8 Å². The van der Waals surface area contributed by atoms with E-state index >= 15 is 0 Å². The van der Waals surface area contributed by atoms with Crippen LogP contribution in [0.1, 0.15) is 80.9 Å². The van der Waals surface area contributed by atoms with Gasteiger partial charge in [0.25, 0.3) is 0 Å². The molecule has 219 valence electrons. The van der Waals surface area contributed by atoms with Crippen molar-refractivity contribution in [2.75, 3.05) is 0 Å². The van der Waals surface area contributed by atoms with Crippen molar-refractivity contribution in [3.8, 4) is 17.3 Å². The van der Waals surface area contributed by atoms with E-state index in [1.807, 2.05) is 37.4 Å². The molecule has 1 heterocycles. The Kier molecular flexibility index (Phi) is 11.1. The molecule has 4 nitrogen and oxygen atoms in total. The standard InChI is InChI=1S/C22H15N2.C15H24O2.Ir/c1-14-9-15(2)11-19(10-14)22-21-18(7-8-24-22)6-5-17-4-3-16(13-23)12-20(17)21;16-14(12-7-3-1-4-8-12)11-15(17)13-9-5-2-6-10-13;/h3-10,12H,1-2H3;11-13,16H,1-10H2;/q-1;;/b;14-11-;. The molecule has 6 rings (SSSR count). The van der Waals surface area contributed by atoms with Gasteiger partial charge in [-0.1, -0.05) is 70.6 Å². The van der Waals surface area contributed by atoms with E-state index in [0.717, 1.165) is 64.0 Å². The molecule has 3 aromatic carbocycles. The maximum Gasteiger partial charge on any atom is 0.162 e. The summed E-state index contributed by atoms with van der Waals surface area (Å²) in [5.74, 6) is 0.985. The molecule has 2 fully saturated rings. The number of nitrogens with zero attached hydrogens (tertiary/aromatic N) is 2.